The molecule has 1 aliphatic heterocycles. The van der Waals surface area contributed by atoms with Crippen molar-refractivity contribution in [2.45, 2.75) is 32.2 Å². The van der Waals surface area contributed by atoms with Gasteiger partial charge >= 0.3 is 0 Å². The molecule has 0 aromatic carbocycles. The molecule has 3 heterocycles. The molecule has 6 heteroatoms. The van der Waals surface area contributed by atoms with Gasteiger partial charge in [-0.05, 0) is 26.2 Å². The maximum Gasteiger partial charge on any atom is 0.273 e. The SMILES string of the molecule is Cc1nc(C(=O)N2CCCCC2c2nccs2)cs1. The van der Waals surface area contributed by atoms with Gasteiger partial charge in [0.25, 0.3) is 5.91 Å². The van der Waals surface area contributed by atoms with Crippen molar-refractivity contribution in [2.75, 3.05) is 6.54 Å². The Morgan fingerprint density at radius 2 is 2.32 bits per heavy atom. The number of likely N-dealkylation sites (tertiary alicyclic amines) is 1. The van der Waals surface area contributed by atoms with Crippen LogP contribution in [0.15, 0.2) is 17.0 Å². The number of rotatable bonds is 2. The van der Waals surface area contributed by atoms with Crippen LogP contribution in [0.25, 0.3) is 0 Å². The summed E-state index contributed by atoms with van der Waals surface area (Å²) in [5, 5.41) is 5.80. The molecule has 2 aromatic heterocycles. The van der Waals surface area contributed by atoms with Crippen LogP contribution in [0.2, 0.25) is 0 Å². The topological polar surface area (TPSA) is 46.1 Å². The summed E-state index contributed by atoms with van der Waals surface area (Å²) in [6.07, 6.45) is 5.04. The summed E-state index contributed by atoms with van der Waals surface area (Å²) in [6.45, 7) is 2.73. The second-order valence-electron chi connectivity index (χ2n) is 4.63. The van der Waals surface area contributed by atoms with E-state index in [0.29, 0.717) is 5.69 Å². The Balaban J connectivity index is 1.86. The van der Waals surface area contributed by atoms with E-state index >= 15 is 0 Å². The van der Waals surface area contributed by atoms with Crippen LogP contribution in [0.4, 0.5) is 0 Å². The normalized spacial score (nSPS) is 19.6. The highest BCUT2D eigenvalue weighted by atomic mass is 32.1. The number of hydrogen-bond donors (Lipinski definition) is 0. The summed E-state index contributed by atoms with van der Waals surface area (Å²) >= 11 is 3.15. The molecule has 0 N–H and O–H groups in total. The number of nitrogens with zero attached hydrogens (tertiary/aromatic N) is 3. The Labute approximate surface area is 120 Å². The number of carbonyl (C=O) groups is 1. The van der Waals surface area contributed by atoms with Crippen molar-refractivity contribution < 1.29 is 4.79 Å². The zero-order valence-corrected chi connectivity index (χ0v) is 12.3. The van der Waals surface area contributed by atoms with Gasteiger partial charge < -0.3 is 4.90 Å². The summed E-state index contributed by atoms with van der Waals surface area (Å²) in [5.41, 5.74) is 0.575. The molecule has 1 amide bonds. The first-order chi connectivity index (χ1) is 9.25. The smallest absolute Gasteiger partial charge is 0.273 e. The minimum Gasteiger partial charge on any atom is -0.328 e. The molecule has 1 fully saturated rings. The molecule has 0 aliphatic carbocycles. The largest absolute Gasteiger partial charge is 0.328 e. The van der Waals surface area contributed by atoms with Gasteiger partial charge in [-0.25, -0.2) is 9.97 Å². The van der Waals surface area contributed by atoms with Crippen LogP contribution in [-0.4, -0.2) is 27.3 Å². The van der Waals surface area contributed by atoms with E-state index in [9.17, 15) is 4.79 Å². The fourth-order valence-corrected chi connectivity index (χ4v) is 3.81. The molecule has 19 heavy (non-hydrogen) atoms. The standard InChI is InChI=1S/C13H15N3OS2/c1-9-15-10(8-19-9)13(17)16-6-3-2-4-11(16)12-14-5-7-18-12/h5,7-8,11H,2-4,6H2,1H3. The number of carbonyl (C=O) groups excluding carboxylic acids is 1. The maximum absolute atomic E-state index is 12.6. The molecule has 1 aliphatic rings. The molecule has 1 unspecified atom stereocenters. The van der Waals surface area contributed by atoms with Crippen LogP contribution in [0.5, 0.6) is 0 Å². The summed E-state index contributed by atoms with van der Waals surface area (Å²) in [7, 11) is 0. The second-order valence-corrected chi connectivity index (χ2v) is 6.62. The van der Waals surface area contributed by atoms with E-state index in [1.807, 2.05) is 28.8 Å². The number of aryl methyl sites for hydroxylation is 1. The van der Waals surface area contributed by atoms with Crippen LogP contribution in [0.1, 0.15) is 45.8 Å². The lowest BCUT2D eigenvalue weighted by molar-refractivity contribution is 0.0606. The number of thiazole rings is 2. The molecular weight excluding hydrogens is 278 g/mol. The van der Waals surface area contributed by atoms with Gasteiger partial charge in [0, 0.05) is 23.5 Å². The van der Waals surface area contributed by atoms with Gasteiger partial charge in [-0.2, -0.15) is 0 Å². The molecule has 3 rings (SSSR count). The highest BCUT2D eigenvalue weighted by molar-refractivity contribution is 7.10. The molecular formula is C13H15N3OS2. The van der Waals surface area contributed by atoms with Gasteiger partial charge in [0.2, 0.25) is 0 Å². The summed E-state index contributed by atoms with van der Waals surface area (Å²) in [6, 6.07) is 0.128. The third-order valence-corrected chi connectivity index (χ3v) is 4.99. The molecule has 4 nitrogen and oxygen atoms in total. The Morgan fingerprint density at radius 3 is 3.00 bits per heavy atom. The molecule has 0 bridgehead atoms. The number of aromatic nitrogens is 2. The zero-order valence-electron chi connectivity index (χ0n) is 10.7. The Morgan fingerprint density at radius 1 is 1.42 bits per heavy atom. The lowest BCUT2D eigenvalue weighted by Gasteiger charge is -2.34. The van der Waals surface area contributed by atoms with Gasteiger partial charge in [0.05, 0.1) is 11.0 Å². The molecule has 1 saturated heterocycles. The van der Waals surface area contributed by atoms with Crippen molar-refractivity contribution in [3.63, 3.8) is 0 Å². The lowest BCUT2D eigenvalue weighted by Crippen LogP contribution is -2.38. The van der Waals surface area contributed by atoms with E-state index in [-0.39, 0.29) is 11.9 Å². The Hall–Kier alpha value is -1.27. The summed E-state index contributed by atoms with van der Waals surface area (Å²) < 4.78 is 0. The zero-order chi connectivity index (χ0) is 13.2. The highest BCUT2D eigenvalue weighted by Crippen LogP contribution is 2.33. The van der Waals surface area contributed by atoms with Gasteiger partial charge in [-0.3, -0.25) is 4.79 Å². The van der Waals surface area contributed by atoms with Crippen LogP contribution in [-0.2, 0) is 0 Å². The summed E-state index contributed by atoms with van der Waals surface area (Å²) in [4.78, 5) is 23.2. The fraction of sp³-hybridized carbons (Fsp3) is 0.462. The quantitative estimate of drug-likeness (QED) is 0.853. The predicted octanol–water partition coefficient (Wildman–Crippen LogP) is 3.28. The van der Waals surface area contributed by atoms with Gasteiger partial charge in [-0.1, -0.05) is 0 Å². The number of piperidine rings is 1. The Bertz CT molecular complexity index is 564. The van der Waals surface area contributed by atoms with Crippen molar-refractivity contribution in [2.24, 2.45) is 0 Å². The maximum atomic E-state index is 12.6. The monoisotopic (exact) mass is 293 g/mol. The third kappa shape index (κ3) is 2.55. The highest BCUT2D eigenvalue weighted by Gasteiger charge is 2.31. The minimum atomic E-state index is 0.0456. The minimum absolute atomic E-state index is 0.0456. The van der Waals surface area contributed by atoms with Crippen molar-refractivity contribution in [1.82, 2.24) is 14.9 Å². The first-order valence-electron chi connectivity index (χ1n) is 6.38. The van der Waals surface area contributed by atoms with Crippen molar-refractivity contribution in [3.8, 4) is 0 Å². The van der Waals surface area contributed by atoms with E-state index in [1.54, 1.807) is 11.3 Å². The fourth-order valence-electron chi connectivity index (χ4n) is 2.44. The van der Waals surface area contributed by atoms with E-state index in [2.05, 4.69) is 9.97 Å². The first kappa shape index (κ1) is 12.7. The van der Waals surface area contributed by atoms with Crippen molar-refractivity contribution >= 4 is 28.6 Å². The molecule has 1 atom stereocenters. The molecule has 2 aromatic rings. The van der Waals surface area contributed by atoms with E-state index in [1.165, 1.54) is 11.3 Å². The van der Waals surface area contributed by atoms with Crippen LogP contribution < -0.4 is 0 Å². The van der Waals surface area contributed by atoms with Crippen LogP contribution >= 0.6 is 22.7 Å². The summed E-state index contributed by atoms with van der Waals surface area (Å²) in [5.74, 6) is 0.0456. The van der Waals surface area contributed by atoms with Gasteiger partial charge in [0.1, 0.15) is 10.7 Å². The number of amides is 1. The Kier molecular flexibility index (Phi) is 3.61. The molecule has 100 valence electrons. The molecule has 0 saturated carbocycles. The average molecular weight is 293 g/mol. The van der Waals surface area contributed by atoms with Crippen molar-refractivity contribution in [3.05, 3.63) is 32.7 Å². The van der Waals surface area contributed by atoms with Gasteiger partial charge in [0.15, 0.2) is 0 Å². The number of hydrogen-bond acceptors (Lipinski definition) is 5. The molecule has 0 spiro atoms. The average Bonchev–Trinajstić information content (AvgIpc) is 3.09. The van der Waals surface area contributed by atoms with Crippen molar-refractivity contribution in [1.29, 1.82) is 0 Å². The third-order valence-electron chi connectivity index (χ3n) is 3.34. The second kappa shape index (κ2) is 5.38. The first-order valence-corrected chi connectivity index (χ1v) is 8.14. The lowest BCUT2D eigenvalue weighted by atomic mass is 10.0. The van der Waals surface area contributed by atoms with Crippen LogP contribution in [0, 0.1) is 6.92 Å². The van der Waals surface area contributed by atoms with E-state index in [0.717, 1.165) is 35.8 Å². The predicted molar refractivity (Wildman–Crippen MR) is 76.6 cm³/mol. The molecule has 0 radical (unpaired) electrons. The van der Waals surface area contributed by atoms with E-state index in [4.69, 9.17) is 0 Å². The van der Waals surface area contributed by atoms with Gasteiger partial charge in [-0.15, -0.1) is 22.7 Å². The van der Waals surface area contributed by atoms with E-state index < -0.39 is 0 Å². The van der Waals surface area contributed by atoms with Crippen LogP contribution in [0.3, 0.4) is 0 Å².